The average Bonchev–Trinajstić information content (AvgIpc) is 3.34. The number of carbonyl (C=O) groups is 1. The van der Waals surface area contributed by atoms with E-state index in [1.807, 2.05) is 44.1 Å². The van der Waals surface area contributed by atoms with Crippen LogP contribution in [0, 0.1) is 6.92 Å². The molecule has 1 atom stereocenters. The van der Waals surface area contributed by atoms with E-state index in [9.17, 15) is 4.79 Å². The number of aryl methyl sites for hydroxylation is 2. The van der Waals surface area contributed by atoms with Gasteiger partial charge in [-0.3, -0.25) is 4.98 Å². The number of likely N-dealkylation sites (tertiary alicyclic amines) is 1. The molecule has 33 heavy (non-hydrogen) atoms. The second kappa shape index (κ2) is 7.94. The van der Waals surface area contributed by atoms with E-state index in [2.05, 4.69) is 47.8 Å². The number of rotatable bonds is 3. The second-order valence-corrected chi connectivity index (χ2v) is 10.0. The second-order valence-electron chi connectivity index (χ2n) is 10.0. The number of carbonyl (C=O) groups excluding carboxylic acids is 1. The Balaban J connectivity index is 1.44. The minimum atomic E-state index is -0.498. The van der Waals surface area contributed by atoms with Crippen LogP contribution in [0.1, 0.15) is 39.2 Å². The van der Waals surface area contributed by atoms with Gasteiger partial charge < -0.3 is 18.9 Å². The predicted molar refractivity (Wildman–Crippen MR) is 132 cm³/mol. The van der Waals surface area contributed by atoms with Gasteiger partial charge in [0.1, 0.15) is 18.0 Å². The van der Waals surface area contributed by atoms with Crippen LogP contribution in [0.15, 0.2) is 42.7 Å². The lowest BCUT2D eigenvalue weighted by molar-refractivity contribution is 0.0187. The minimum Gasteiger partial charge on any atom is -0.491 e. The van der Waals surface area contributed by atoms with Gasteiger partial charge >= 0.3 is 6.09 Å². The van der Waals surface area contributed by atoms with Crippen LogP contribution in [0.3, 0.4) is 0 Å². The Labute approximate surface area is 194 Å². The van der Waals surface area contributed by atoms with Crippen molar-refractivity contribution >= 4 is 38.7 Å². The van der Waals surface area contributed by atoms with Gasteiger partial charge in [0.25, 0.3) is 0 Å². The molecule has 5 rings (SSSR count). The Morgan fingerprint density at radius 2 is 1.97 bits per heavy atom. The van der Waals surface area contributed by atoms with Crippen LogP contribution in [-0.4, -0.2) is 45.3 Å². The molecule has 2 aromatic heterocycles. The predicted octanol–water partition coefficient (Wildman–Crippen LogP) is 5.97. The number of pyridine rings is 1. The number of amides is 1. The van der Waals surface area contributed by atoms with E-state index in [0.29, 0.717) is 13.2 Å². The maximum Gasteiger partial charge on any atom is 0.410 e. The molecular weight excluding hydrogens is 414 g/mol. The summed E-state index contributed by atoms with van der Waals surface area (Å²) in [5, 5.41) is 4.73. The van der Waals surface area contributed by atoms with E-state index in [1.54, 1.807) is 0 Å². The van der Waals surface area contributed by atoms with E-state index in [0.717, 1.165) is 29.4 Å². The zero-order valence-electron chi connectivity index (χ0n) is 20.0. The molecule has 0 radical (unpaired) electrons. The van der Waals surface area contributed by atoms with Gasteiger partial charge in [-0.15, -0.1) is 0 Å². The van der Waals surface area contributed by atoms with Crippen LogP contribution < -0.4 is 4.74 Å². The molecule has 1 saturated heterocycles. The van der Waals surface area contributed by atoms with Gasteiger partial charge in [0.05, 0.1) is 11.6 Å². The Morgan fingerprint density at radius 1 is 1.15 bits per heavy atom. The smallest absolute Gasteiger partial charge is 0.410 e. The first-order chi connectivity index (χ1) is 15.7. The van der Waals surface area contributed by atoms with Crippen molar-refractivity contribution < 1.29 is 14.3 Å². The summed E-state index contributed by atoms with van der Waals surface area (Å²) in [4.78, 5) is 18.7. The Bertz CT molecular complexity index is 1370. The van der Waals surface area contributed by atoms with E-state index in [4.69, 9.17) is 9.47 Å². The van der Waals surface area contributed by atoms with Crippen molar-refractivity contribution in [1.82, 2.24) is 14.5 Å². The normalized spacial score (nSPS) is 16.8. The van der Waals surface area contributed by atoms with Crippen molar-refractivity contribution in [3.8, 4) is 5.75 Å². The van der Waals surface area contributed by atoms with Crippen molar-refractivity contribution in [3.63, 3.8) is 0 Å². The number of fused-ring (bicyclic) bond motifs is 4. The molecule has 3 heterocycles. The van der Waals surface area contributed by atoms with E-state index >= 15 is 0 Å². The lowest BCUT2D eigenvalue weighted by Gasteiger charge is -2.28. The maximum absolute atomic E-state index is 12.6. The molecule has 1 fully saturated rings. The molecule has 4 aromatic rings. The fourth-order valence-corrected chi connectivity index (χ4v) is 5.05. The lowest BCUT2D eigenvalue weighted by atomic mass is 10.0. The summed E-state index contributed by atoms with van der Waals surface area (Å²) >= 11 is 0. The maximum atomic E-state index is 12.6. The van der Waals surface area contributed by atoms with Crippen molar-refractivity contribution in [2.75, 3.05) is 13.2 Å². The Morgan fingerprint density at radius 3 is 2.76 bits per heavy atom. The lowest BCUT2D eigenvalue weighted by Crippen LogP contribution is -2.42. The largest absolute Gasteiger partial charge is 0.491 e. The van der Waals surface area contributed by atoms with Crippen LogP contribution >= 0.6 is 0 Å². The molecule has 0 aliphatic carbocycles. The van der Waals surface area contributed by atoms with Crippen molar-refractivity contribution in [2.45, 2.75) is 52.2 Å². The highest BCUT2D eigenvalue weighted by atomic mass is 16.6. The molecule has 6 heteroatoms. The quantitative estimate of drug-likeness (QED) is 0.390. The van der Waals surface area contributed by atoms with Gasteiger partial charge in [-0.05, 0) is 81.8 Å². The van der Waals surface area contributed by atoms with E-state index in [-0.39, 0.29) is 12.1 Å². The molecular formula is C27H31N3O3. The summed E-state index contributed by atoms with van der Waals surface area (Å²) in [6.07, 6.45) is 5.41. The molecule has 0 spiro atoms. The zero-order valence-corrected chi connectivity index (χ0v) is 20.0. The molecule has 172 valence electrons. The fraction of sp³-hybridized carbons (Fsp3) is 0.407. The molecule has 0 bridgehead atoms. The summed E-state index contributed by atoms with van der Waals surface area (Å²) < 4.78 is 14.1. The molecule has 6 nitrogen and oxygen atoms in total. The number of hydrogen-bond donors (Lipinski definition) is 0. The van der Waals surface area contributed by atoms with E-state index in [1.165, 1.54) is 27.4 Å². The Kier molecular flexibility index (Phi) is 5.19. The number of aromatic nitrogens is 2. The monoisotopic (exact) mass is 445 g/mol. The first kappa shape index (κ1) is 21.6. The van der Waals surface area contributed by atoms with Crippen LogP contribution in [-0.2, 0) is 11.8 Å². The van der Waals surface area contributed by atoms with Crippen molar-refractivity contribution in [3.05, 3.63) is 48.3 Å². The van der Waals surface area contributed by atoms with Gasteiger partial charge in [-0.1, -0.05) is 0 Å². The summed E-state index contributed by atoms with van der Waals surface area (Å²) in [6, 6.07) is 10.6. The van der Waals surface area contributed by atoms with E-state index < -0.39 is 5.60 Å². The zero-order chi connectivity index (χ0) is 23.3. The number of nitrogens with zero attached hydrogens (tertiary/aromatic N) is 3. The average molecular weight is 446 g/mol. The molecule has 1 unspecified atom stereocenters. The Hall–Kier alpha value is -3.28. The fourth-order valence-electron chi connectivity index (χ4n) is 5.05. The van der Waals surface area contributed by atoms with Gasteiger partial charge in [0.15, 0.2) is 0 Å². The first-order valence-electron chi connectivity index (χ1n) is 11.6. The van der Waals surface area contributed by atoms with Crippen LogP contribution in [0.25, 0.3) is 32.6 Å². The van der Waals surface area contributed by atoms with Crippen molar-refractivity contribution in [2.24, 2.45) is 7.05 Å². The molecule has 1 amide bonds. The third kappa shape index (κ3) is 3.88. The number of ether oxygens (including phenoxy) is 2. The molecule has 2 aromatic carbocycles. The molecule has 0 N–H and O–H groups in total. The standard InChI is InChI=1S/C27H31N3O3/c1-17-21-10-11-28-15-18(21)13-23-22-14-20(8-9-24(22)29(5)25(17)23)32-16-19-7-6-12-30(19)26(31)33-27(2,3)4/h8-11,13-15,19H,6-7,12,16H2,1-5H3. The summed E-state index contributed by atoms with van der Waals surface area (Å²) in [5.41, 5.74) is 3.15. The number of benzene rings is 2. The highest BCUT2D eigenvalue weighted by molar-refractivity contribution is 6.14. The van der Waals surface area contributed by atoms with Crippen LogP contribution in [0.5, 0.6) is 5.75 Å². The van der Waals surface area contributed by atoms with Gasteiger partial charge in [-0.2, -0.15) is 0 Å². The van der Waals surface area contributed by atoms with Gasteiger partial charge in [0, 0.05) is 47.7 Å². The SMILES string of the molecule is Cc1c2ccncc2cc2c3cc(OCC4CCCN4C(=O)OC(C)(C)C)ccc3n(C)c12. The molecule has 1 aliphatic rings. The summed E-state index contributed by atoms with van der Waals surface area (Å²) in [6.45, 7) is 9.03. The highest BCUT2D eigenvalue weighted by Gasteiger charge is 2.32. The van der Waals surface area contributed by atoms with Crippen LogP contribution in [0.4, 0.5) is 4.79 Å². The minimum absolute atomic E-state index is 0.0281. The first-order valence-corrected chi connectivity index (χ1v) is 11.6. The van der Waals surface area contributed by atoms with Crippen LogP contribution in [0.2, 0.25) is 0 Å². The van der Waals surface area contributed by atoms with Gasteiger partial charge in [-0.25, -0.2) is 4.79 Å². The molecule has 0 saturated carbocycles. The highest BCUT2D eigenvalue weighted by Crippen LogP contribution is 2.36. The van der Waals surface area contributed by atoms with Crippen molar-refractivity contribution in [1.29, 1.82) is 0 Å². The summed E-state index contributed by atoms with van der Waals surface area (Å²) in [7, 11) is 2.11. The van der Waals surface area contributed by atoms with Gasteiger partial charge in [0.2, 0.25) is 0 Å². The third-order valence-electron chi connectivity index (χ3n) is 6.57. The number of hydrogen-bond acceptors (Lipinski definition) is 4. The topological polar surface area (TPSA) is 56.6 Å². The molecule has 1 aliphatic heterocycles. The summed E-state index contributed by atoms with van der Waals surface area (Å²) in [5.74, 6) is 0.815. The third-order valence-corrected chi connectivity index (χ3v) is 6.57.